The SMILES string of the molecule is c1ccc(-c2nc(-n3c4c5ccccc5ccc4c4c5c6ccccc6oc5c5ccccc5c43)nc3ccccc23)cc1. The molecule has 10 rings (SSSR count). The molecule has 0 aliphatic carbocycles. The Hall–Kier alpha value is -6.00. The standard InChI is InChI=1S/C40H23N3O/c1-2-13-25(14-3-1)36-29-18-8-10-20-32(29)41-40(42-36)43-37-26-15-5-4-12-24(26)22-23-31(37)34-35-30-19-9-11-21-33(30)44-39(35)28-17-7-6-16-27(28)38(34)43/h1-23H. The summed E-state index contributed by atoms with van der Waals surface area (Å²) in [7, 11) is 0. The van der Waals surface area contributed by atoms with Gasteiger partial charge in [0.1, 0.15) is 11.2 Å². The zero-order valence-corrected chi connectivity index (χ0v) is 23.5. The summed E-state index contributed by atoms with van der Waals surface area (Å²) in [4.78, 5) is 10.7. The molecule has 0 fully saturated rings. The molecular weight excluding hydrogens is 538 g/mol. The van der Waals surface area contributed by atoms with Crippen LogP contribution in [0.15, 0.2) is 144 Å². The lowest BCUT2D eigenvalue weighted by molar-refractivity contribution is 0.673. The average molecular weight is 562 g/mol. The van der Waals surface area contributed by atoms with E-state index in [0.29, 0.717) is 5.95 Å². The third-order valence-corrected chi connectivity index (χ3v) is 8.96. The molecule has 0 saturated heterocycles. The van der Waals surface area contributed by atoms with Gasteiger partial charge in [-0.25, -0.2) is 9.97 Å². The molecule has 0 unspecified atom stereocenters. The summed E-state index contributed by atoms with van der Waals surface area (Å²) in [6.07, 6.45) is 0. The van der Waals surface area contributed by atoms with Gasteiger partial charge in [0.05, 0.1) is 22.2 Å². The molecule has 4 heteroatoms. The van der Waals surface area contributed by atoms with Crippen LogP contribution in [0.3, 0.4) is 0 Å². The Kier molecular flexibility index (Phi) is 4.69. The predicted octanol–water partition coefficient (Wildman–Crippen LogP) is 10.6. The van der Waals surface area contributed by atoms with Crippen molar-refractivity contribution in [3.8, 4) is 17.2 Å². The molecule has 0 radical (unpaired) electrons. The van der Waals surface area contributed by atoms with Crippen molar-refractivity contribution in [2.75, 3.05) is 0 Å². The highest BCUT2D eigenvalue weighted by atomic mass is 16.3. The van der Waals surface area contributed by atoms with Crippen molar-refractivity contribution in [1.29, 1.82) is 0 Å². The summed E-state index contributed by atoms with van der Waals surface area (Å²) in [6, 6.07) is 48.7. The van der Waals surface area contributed by atoms with Gasteiger partial charge in [0, 0.05) is 48.7 Å². The van der Waals surface area contributed by atoms with E-state index in [9.17, 15) is 0 Å². The van der Waals surface area contributed by atoms with Gasteiger partial charge < -0.3 is 4.42 Å². The molecule has 3 heterocycles. The second kappa shape index (κ2) is 8.76. The first-order chi connectivity index (χ1) is 21.8. The summed E-state index contributed by atoms with van der Waals surface area (Å²) in [6.45, 7) is 0. The van der Waals surface area contributed by atoms with Crippen LogP contribution in [0.5, 0.6) is 0 Å². The highest BCUT2D eigenvalue weighted by Crippen LogP contribution is 2.47. The number of hydrogen-bond acceptors (Lipinski definition) is 3. The Labute approximate surface area is 251 Å². The number of hydrogen-bond donors (Lipinski definition) is 0. The van der Waals surface area contributed by atoms with Crippen molar-refractivity contribution in [2.24, 2.45) is 0 Å². The van der Waals surface area contributed by atoms with E-state index in [-0.39, 0.29) is 0 Å². The molecule has 44 heavy (non-hydrogen) atoms. The normalized spacial score (nSPS) is 12.1. The van der Waals surface area contributed by atoms with E-state index >= 15 is 0 Å². The van der Waals surface area contributed by atoms with E-state index in [2.05, 4.69) is 126 Å². The molecule has 0 bridgehead atoms. The number of fused-ring (bicyclic) bond motifs is 13. The predicted molar refractivity (Wildman–Crippen MR) is 182 cm³/mol. The van der Waals surface area contributed by atoms with Crippen LogP contribution in [-0.4, -0.2) is 14.5 Å². The Morgan fingerprint density at radius 1 is 0.455 bits per heavy atom. The van der Waals surface area contributed by atoms with E-state index in [1.54, 1.807) is 0 Å². The number of para-hydroxylation sites is 2. The fourth-order valence-electron chi connectivity index (χ4n) is 7.11. The van der Waals surface area contributed by atoms with Crippen molar-refractivity contribution in [1.82, 2.24) is 14.5 Å². The number of nitrogens with zero attached hydrogens (tertiary/aromatic N) is 3. The fourth-order valence-corrected chi connectivity index (χ4v) is 7.11. The molecule has 7 aromatic carbocycles. The Morgan fingerprint density at radius 3 is 2.00 bits per heavy atom. The van der Waals surface area contributed by atoms with Crippen LogP contribution in [0.4, 0.5) is 0 Å². The number of rotatable bonds is 2. The van der Waals surface area contributed by atoms with Crippen LogP contribution >= 0.6 is 0 Å². The molecule has 204 valence electrons. The summed E-state index contributed by atoms with van der Waals surface area (Å²) in [5.41, 5.74) is 6.86. The van der Waals surface area contributed by atoms with Gasteiger partial charge in [-0.3, -0.25) is 4.57 Å². The first kappa shape index (κ1) is 23.6. The molecule has 0 aliphatic rings. The zero-order chi connectivity index (χ0) is 28.8. The molecule has 10 aromatic rings. The molecule has 0 atom stereocenters. The maximum atomic E-state index is 6.62. The van der Waals surface area contributed by atoms with E-state index in [1.165, 1.54) is 5.39 Å². The van der Waals surface area contributed by atoms with Gasteiger partial charge in [0.25, 0.3) is 0 Å². The van der Waals surface area contributed by atoms with Gasteiger partial charge in [0.2, 0.25) is 5.95 Å². The lowest BCUT2D eigenvalue weighted by Gasteiger charge is -2.13. The number of aromatic nitrogens is 3. The molecule has 3 aromatic heterocycles. The minimum atomic E-state index is 0.649. The Morgan fingerprint density at radius 2 is 1.14 bits per heavy atom. The lowest BCUT2D eigenvalue weighted by atomic mass is 9.98. The monoisotopic (exact) mass is 561 g/mol. The first-order valence-electron chi connectivity index (χ1n) is 14.9. The Balaban J connectivity index is 1.51. The molecule has 0 saturated carbocycles. The average Bonchev–Trinajstić information content (AvgIpc) is 3.65. The van der Waals surface area contributed by atoms with Crippen LogP contribution in [-0.2, 0) is 0 Å². The topological polar surface area (TPSA) is 43.9 Å². The van der Waals surface area contributed by atoms with E-state index in [0.717, 1.165) is 82.1 Å². The van der Waals surface area contributed by atoms with Crippen molar-refractivity contribution in [3.05, 3.63) is 140 Å². The fraction of sp³-hybridized carbons (Fsp3) is 0. The highest BCUT2D eigenvalue weighted by Gasteiger charge is 2.25. The van der Waals surface area contributed by atoms with E-state index in [1.807, 2.05) is 18.2 Å². The van der Waals surface area contributed by atoms with Gasteiger partial charge in [-0.05, 0) is 17.5 Å². The van der Waals surface area contributed by atoms with Crippen LogP contribution in [0.2, 0.25) is 0 Å². The largest absolute Gasteiger partial charge is 0.455 e. The molecule has 0 aliphatic heterocycles. The van der Waals surface area contributed by atoms with Crippen molar-refractivity contribution < 1.29 is 4.42 Å². The third kappa shape index (κ3) is 3.11. The quantitative estimate of drug-likeness (QED) is 0.211. The molecule has 4 nitrogen and oxygen atoms in total. The smallest absolute Gasteiger partial charge is 0.235 e. The van der Waals surface area contributed by atoms with Crippen LogP contribution in [0.25, 0.3) is 93.4 Å². The van der Waals surface area contributed by atoms with Crippen molar-refractivity contribution in [3.63, 3.8) is 0 Å². The van der Waals surface area contributed by atoms with Crippen LogP contribution in [0.1, 0.15) is 0 Å². The summed E-state index contributed by atoms with van der Waals surface area (Å²) < 4.78 is 8.92. The maximum Gasteiger partial charge on any atom is 0.235 e. The Bertz CT molecular complexity index is 2770. The van der Waals surface area contributed by atoms with Gasteiger partial charge in [-0.2, -0.15) is 0 Å². The second-order valence-electron chi connectivity index (χ2n) is 11.3. The summed E-state index contributed by atoms with van der Waals surface area (Å²) in [5.74, 6) is 0.649. The summed E-state index contributed by atoms with van der Waals surface area (Å²) >= 11 is 0. The van der Waals surface area contributed by atoms with E-state index in [4.69, 9.17) is 14.4 Å². The zero-order valence-electron chi connectivity index (χ0n) is 23.5. The van der Waals surface area contributed by atoms with Crippen LogP contribution in [0, 0.1) is 0 Å². The lowest BCUT2D eigenvalue weighted by Crippen LogP contribution is -2.04. The highest BCUT2D eigenvalue weighted by molar-refractivity contribution is 6.37. The van der Waals surface area contributed by atoms with Gasteiger partial charge in [-0.1, -0.05) is 127 Å². The minimum absolute atomic E-state index is 0.649. The minimum Gasteiger partial charge on any atom is -0.455 e. The second-order valence-corrected chi connectivity index (χ2v) is 11.3. The van der Waals surface area contributed by atoms with E-state index < -0.39 is 0 Å². The molecule has 0 spiro atoms. The number of benzene rings is 7. The van der Waals surface area contributed by atoms with Crippen LogP contribution < -0.4 is 0 Å². The van der Waals surface area contributed by atoms with Gasteiger partial charge in [0.15, 0.2) is 0 Å². The van der Waals surface area contributed by atoms with Crippen molar-refractivity contribution in [2.45, 2.75) is 0 Å². The van der Waals surface area contributed by atoms with Crippen molar-refractivity contribution >= 4 is 76.2 Å². The number of furan rings is 1. The summed E-state index contributed by atoms with van der Waals surface area (Å²) in [5, 5.41) is 10.1. The molecule has 0 N–H and O–H groups in total. The third-order valence-electron chi connectivity index (χ3n) is 8.96. The first-order valence-corrected chi connectivity index (χ1v) is 14.9. The van der Waals surface area contributed by atoms with Gasteiger partial charge in [-0.15, -0.1) is 0 Å². The van der Waals surface area contributed by atoms with Gasteiger partial charge >= 0.3 is 0 Å². The molecular formula is C40H23N3O. The maximum absolute atomic E-state index is 6.62. The molecule has 0 amide bonds.